The second-order valence-electron chi connectivity index (χ2n) is 3.46. The molecule has 12 heavy (non-hydrogen) atoms. The van der Waals surface area contributed by atoms with Gasteiger partial charge < -0.3 is 5.73 Å². The Bertz CT molecular complexity index is 320. The lowest BCUT2D eigenvalue weighted by Crippen LogP contribution is -2.05. The standard InChI is InChI=1S/C10H12FN/c1-6-4-8-7(9(11)5-6)2-3-10(8)12/h4-5,10H,2-3,12H2,1H3. The summed E-state index contributed by atoms with van der Waals surface area (Å²) in [4.78, 5) is 0. The fourth-order valence-electron chi connectivity index (χ4n) is 1.85. The molecule has 2 N–H and O–H groups in total. The van der Waals surface area contributed by atoms with Gasteiger partial charge in [0.05, 0.1) is 0 Å². The van der Waals surface area contributed by atoms with Crippen molar-refractivity contribution in [2.75, 3.05) is 0 Å². The van der Waals surface area contributed by atoms with Gasteiger partial charge in [-0.25, -0.2) is 4.39 Å². The van der Waals surface area contributed by atoms with Crippen molar-refractivity contribution in [2.45, 2.75) is 25.8 Å². The zero-order chi connectivity index (χ0) is 8.72. The van der Waals surface area contributed by atoms with Gasteiger partial charge in [0.1, 0.15) is 5.82 Å². The van der Waals surface area contributed by atoms with E-state index in [0.29, 0.717) is 0 Å². The lowest BCUT2D eigenvalue weighted by atomic mass is 10.1. The van der Waals surface area contributed by atoms with E-state index >= 15 is 0 Å². The van der Waals surface area contributed by atoms with Gasteiger partial charge >= 0.3 is 0 Å². The first-order valence-electron chi connectivity index (χ1n) is 4.23. The van der Waals surface area contributed by atoms with Gasteiger partial charge in [0.2, 0.25) is 0 Å². The van der Waals surface area contributed by atoms with E-state index in [0.717, 1.165) is 29.5 Å². The zero-order valence-corrected chi connectivity index (χ0v) is 7.10. The van der Waals surface area contributed by atoms with Gasteiger partial charge in [-0.05, 0) is 42.5 Å². The summed E-state index contributed by atoms with van der Waals surface area (Å²) in [6.07, 6.45) is 1.68. The van der Waals surface area contributed by atoms with Crippen LogP contribution < -0.4 is 5.73 Å². The molecule has 0 saturated carbocycles. The van der Waals surface area contributed by atoms with Gasteiger partial charge in [-0.15, -0.1) is 0 Å². The predicted molar refractivity (Wildman–Crippen MR) is 46.4 cm³/mol. The molecule has 1 aromatic carbocycles. The van der Waals surface area contributed by atoms with Crippen molar-refractivity contribution < 1.29 is 4.39 Å². The molecule has 0 fully saturated rings. The molecule has 0 radical (unpaired) electrons. The third kappa shape index (κ3) is 1.03. The van der Waals surface area contributed by atoms with E-state index in [4.69, 9.17) is 5.73 Å². The summed E-state index contributed by atoms with van der Waals surface area (Å²) < 4.78 is 13.3. The fraction of sp³-hybridized carbons (Fsp3) is 0.400. The Balaban J connectivity index is 2.60. The van der Waals surface area contributed by atoms with E-state index in [-0.39, 0.29) is 11.9 Å². The van der Waals surface area contributed by atoms with E-state index in [1.54, 1.807) is 6.07 Å². The molecule has 2 rings (SSSR count). The van der Waals surface area contributed by atoms with Crippen LogP contribution in [0.5, 0.6) is 0 Å². The van der Waals surface area contributed by atoms with Crippen LogP contribution in [0, 0.1) is 12.7 Å². The number of halogens is 1. The maximum absolute atomic E-state index is 13.3. The minimum Gasteiger partial charge on any atom is -0.324 e. The quantitative estimate of drug-likeness (QED) is 0.625. The van der Waals surface area contributed by atoms with Crippen LogP contribution in [-0.2, 0) is 6.42 Å². The Morgan fingerprint density at radius 1 is 1.50 bits per heavy atom. The number of hydrogen-bond donors (Lipinski definition) is 1. The molecule has 64 valence electrons. The lowest BCUT2D eigenvalue weighted by molar-refractivity contribution is 0.611. The van der Waals surface area contributed by atoms with Crippen LogP contribution >= 0.6 is 0 Å². The first-order chi connectivity index (χ1) is 5.68. The Kier molecular flexibility index (Phi) is 1.65. The van der Waals surface area contributed by atoms with Gasteiger partial charge in [0, 0.05) is 6.04 Å². The van der Waals surface area contributed by atoms with Crippen LogP contribution in [0.2, 0.25) is 0 Å². The molecule has 1 unspecified atom stereocenters. The molecule has 0 aromatic heterocycles. The van der Waals surface area contributed by atoms with Gasteiger partial charge in [0.15, 0.2) is 0 Å². The smallest absolute Gasteiger partial charge is 0.126 e. The number of benzene rings is 1. The highest BCUT2D eigenvalue weighted by atomic mass is 19.1. The molecular formula is C10H12FN. The molecule has 2 heteroatoms. The summed E-state index contributed by atoms with van der Waals surface area (Å²) in [5, 5.41) is 0. The maximum atomic E-state index is 13.3. The second-order valence-corrected chi connectivity index (χ2v) is 3.46. The third-order valence-electron chi connectivity index (χ3n) is 2.48. The molecule has 1 nitrogen and oxygen atoms in total. The van der Waals surface area contributed by atoms with Gasteiger partial charge in [0.25, 0.3) is 0 Å². The van der Waals surface area contributed by atoms with Crippen molar-refractivity contribution in [2.24, 2.45) is 5.73 Å². The molecular weight excluding hydrogens is 153 g/mol. The highest BCUT2D eigenvalue weighted by molar-refractivity contribution is 5.38. The van der Waals surface area contributed by atoms with Crippen LogP contribution in [0.4, 0.5) is 4.39 Å². The van der Waals surface area contributed by atoms with Crippen molar-refractivity contribution in [1.29, 1.82) is 0 Å². The average molecular weight is 165 g/mol. The van der Waals surface area contributed by atoms with E-state index in [1.807, 2.05) is 13.0 Å². The molecule has 1 aliphatic rings. The highest BCUT2D eigenvalue weighted by Gasteiger charge is 2.21. The largest absolute Gasteiger partial charge is 0.324 e. The highest BCUT2D eigenvalue weighted by Crippen LogP contribution is 2.31. The molecule has 0 aliphatic heterocycles. The Morgan fingerprint density at radius 2 is 2.25 bits per heavy atom. The summed E-state index contributed by atoms with van der Waals surface area (Å²) in [5.74, 6) is -0.0852. The number of aryl methyl sites for hydroxylation is 1. The average Bonchev–Trinajstić information content (AvgIpc) is 2.33. The topological polar surface area (TPSA) is 26.0 Å². The van der Waals surface area contributed by atoms with Crippen LogP contribution in [0.15, 0.2) is 12.1 Å². The summed E-state index contributed by atoms with van der Waals surface area (Å²) in [6.45, 7) is 1.90. The molecule has 0 spiro atoms. The fourth-order valence-corrected chi connectivity index (χ4v) is 1.85. The minimum absolute atomic E-state index is 0.0504. The van der Waals surface area contributed by atoms with Gasteiger partial charge in [-0.2, -0.15) is 0 Å². The van der Waals surface area contributed by atoms with E-state index in [1.165, 1.54) is 0 Å². The van der Waals surface area contributed by atoms with Crippen LogP contribution in [0.25, 0.3) is 0 Å². The van der Waals surface area contributed by atoms with Crippen LogP contribution in [-0.4, -0.2) is 0 Å². The summed E-state index contributed by atoms with van der Waals surface area (Å²) in [6, 6.07) is 3.63. The van der Waals surface area contributed by atoms with Gasteiger partial charge in [-0.3, -0.25) is 0 Å². The molecule has 1 aliphatic carbocycles. The van der Waals surface area contributed by atoms with Crippen molar-refractivity contribution in [3.05, 3.63) is 34.6 Å². The second kappa shape index (κ2) is 2.56. The predicted octanol–water partition coefficient (Wildman–Crippen LogP) is 2.08. The normalized spacial score (nSPS) is 21.1. The Morgan fingerprint density at radius 3 is 3.00 bits per heavy atom. The third-order valence-corrected chi connectivity index (χ3v) is 2.48. The van der Waals surface area contributed by atoms with Crippen molar-refractivity contribution in [1.82, 2.24) is 0 Å². The molecule has 0 amide bonds. The van der Waals surface area contributed by atoms with E-state index < -0.39 is 0 Å². The van der Waals surface area contributed by atoms with Crippen molar-refractivity contribution in [3.8, 4) is 0 Å². The van der Waals surface area contributed by atoms with Gasteiger partial charge in [-0.1, -0.05) is 6.07 Å². The van der Waals surface area contributed by atoms with E-state index in [2.05, 4.69) is 0 Å². The monoisotopic (exact) mass is 165 g/mol. The molecule has 0 saturated heterocycles. The summed E-state index contributed by atoms with van der Waals surface area (Å²) >= 11 is 0. The van der Waals surface area contributed by atoms with Crippen LogP contribution in [0.1, 0.15) is 29.2 Å². The SMILES string of the molecule is Cc1cc(F)c2c(c1)C(N)CC2. The number of fused-ring (bicyclic) bond motifs is 1. The number of nitrogens with two attached hydrogens (primary N) is 1. The van der Waals surface area contributed by atoms with Crippen molar-refractivity contribution >= 4 is 0 Å². The maximum Gasteiger partial charge on any atom is 0.126 e. The van der Waals surface area contributed by atoms with Crippen LogP contribution in [0.3, 0.4) is 0 Å². The Hall–Kier alpha value is -0.890. The minimum atomic E-state index is -0.0852. The number of hydrogen-bond acceptors (Lipinski definition) is 1. The number of rotatable bonds is 0. The first kappa shape index (κ1) is 7.74. The molecule has 1 atom stereocenters. The summed E-state index contributed by atoms with van der Waals surface area (Å²) in [5.41, 5.74) is 8.61. The summed E-state index contributed by atoms with van der Waals surface area (Å²) in [7, 11) is 0. The molecule has 0 heterocycles. The lowest BCUT2D eigenvalue weighted by Gasteiger charge is -2.06. The molecule has 0 bridgehead atoms. The van der Waals surface area contributed by atoms with E-state index in [9.17, 15) is 4.39 Å². The van der Waals surface area contributed by atoms with Crippen molar-refractivity contribution in [3.63, 3.8) is 0 Å². The Labute approximate surface area is 71.4 Å². The zero-order valence-electron chi connectivity index (χ0n) is 7.10. The first-order valence-corrected chi connectivity index (χ1v) is 4.23. The molecule has 1 aromatic rings.